The average Bonchev–Trinajstić information content (AvgIpc) is 2.60. The molecule has 0 radical (unpaired) electrons. The highest BCUT2D eigenvalue weighted by atomic mass is 35.5. The highest BCUT2D eigenvalue weighted by Gasteiger charge is 2.31. The Hall–Kier alpha value is -3.03. The molecule has 0 aromatic heterocycles. The van der Waals surface area contributed by atoms with Crippen molar-refractivity contribution < 1.29 is 17.9 Å². The maximum atomic E-state index is 13.0. The molecule has 0 fully saturated rings. The highest BCUT2D eigenvalue weighted by Crippen LogP contribution is 2.39. The molecule has 0 unspecified atom stereocenters. The third kappa shape index (κ3) is 4.99. The molecular weight excluding hydrogens is 379 g/mol. The molecule has 4 nitrogen and oxygen atoms in total. The van der Waals surface area contributed by atoms with Crippen LogP contribution in [0.5, 0.6) is 11.5 Å². The van der Waals surface area contributed by atoms with Gasteiger partial charge in [-0.25, -0.2) is 0 Å². The molecule has 0 saturated carbocycles. The van der Waals surface area contributed by atoms with Gasteiger partial charge in [0.1, 0.15) is 11.4 Å². The second-order valence-electron chi connectivity index (χ2n) is 5.67. The van der Waals surface area contributed by atoms with Crippen LogP contribution in [-0.4, -0.2) is 6.21 Å². The van der Waals surface area contributed by atoms with E-state index in [0.717, 1.165) is 35.5 Å². The number of nitriles is 2. The zero-order chi connectivity index (χ0) is 20.2. The summed E-state index contributed by atoms with van der Waals surface area (Å²) in [5, 5.41) is 18.2. The predicted molar refractivity (Wildman–Crippen MR) is 95.3 cm³/mol. The summed E-state index contributed by atoms with van der Waals surface area (Å²) >= 11 is 6.11. The first kappa shape index (κ1) is 20.3. The van der Waals surface area contributed by atoms with Crippen LogP contribution in [0.1, 0.15) is 16.7 Å². The molecule has 0 aliphatic carbocycles. The van der Waals surface area contributed by atoms with E-state index in [4.69, 9.17) is 26.9 Å². The van der Waals surface area contributed by atoms with Crippen LogP contribution in [0.15, 0.2) is 35.3 Å². The Morgan fingerprint density at radius 3 is 2.22 bits per heavy atom. The molecule has 138 valence electrons. The quantitative estimate of drug-likeness (QED) is 0.588. The van der Waals surface area contributed by atoms with Gasteiger partial charge in [-0.05, 0) is 55.3 Å². The molecule has 0 heterocycles. The van der Waals surface area contributed by atoms with Crippen LogP contribution < -0.4 is 4.74 Å². The number of benzene rings is 2. The number of hydrogen-bond acceptors (Lipinski definition) is 4. The van der Waals surface area contributed by atoms with Gasteiger partial charge in [0.2, 0.25) is 0 Å². The lowest BCUT2D eigenvalue weighted by atomic mass is 10.1. The van der Waals surface area contributed by atoms with Gasteiger partial charge in [0, 0.05) is 11.2 Å². The topological polar surface area (TPSA) is 69.2 Å². The third-order valence-corrected chi connectivity index (χ3v) is 4.16. The lowest BCUT2D eigenvalue weighted by Crippen LogP contribution is -2.04. The Morgan fingerprint density at radius 2 is 1.70 bits per heavy atom. The maximum Gasteiger partial charge on any atom is 0.416 e. The van der Waals surface area contributed by atoms with Crippen LogP contribution in [0.3, 0.4) is 0 Å². The molecule has 27 heavy (non-hydrogen) atoms. The van der Waals surface area contributed by atoms with Crippen molar-refractivity contribution in [2.75, 3.05) is 0 Å². The Bertz CT molecular complexity index is 935. The van der Waals surface area contributed by atoms with Gasteiger partial charge < -0.3 is 4.74 Å². The standard InChI is InChI=1S/C19H13ClF3N3O/c1-11-5-15(6-12(2)18(11)20)27-17-4-3-14(19(21,22)23)7-16(17)26-10-13(8-24)9-25/h3-7,10,13H,1-2H3. The largest absolute Gasteiger partial charge is 0.455 e. The highest BCUT2D eigenvalue weighted by molar-refractivity contribution is 6.32. The number of aliphatic imine (C=N–C) groups is 1. The summed E-state index contributed by atoms with van der Waals surface area (Å²) in [7, 11) is 0. The van der Waals surface area contributed by atoms with Gasteiger partial charge in [-0.1, -0.05) is 11.6 Å². The van der Waals surface area contributed by atoms with Crippen molar-refractivity contribution in [1.29, 1.82) is 10.5 Å². The fraction of sp³-hybridized carbons (Fsp3) is 0.211. The van der Waals surface area contributed by atoms with Crippen molar-refractivity contribution in [2.45, 2.75) is 20.0 Å². The Kier molecular flexibility index (Phi) is 6.09. The average molecular weight is 392 g/mol. The molecule has 0 aliphatic rings. The first-order valence-electron chi connectivity index (χ1n) is 7.65. The SMILES string of the molecule is Cc1cc(Oc2ccc(C(F)(F)F)cc2N=CC(C#N)C#N)cc(C)c1Cl. The number of ether oxygens (including phenoxy) is 1. The molecule has 0 saturated heterocycles. The number of nitrogens with zero attached hydrogens (tertiary/aromatic N) is 3. The van der Waals surface area contributed by atoms with Crippen LogP contribution >= 0.6 is 11.6 Å². The van der Waals surface area contributed by atoms with E-state index in [2.05, 4.69) is 4.99 Å². The van der Waals surface area contributed by atoms with Gasteiger partial charge in [-0.3, -0.25) is 4.99 Å². The van der Waals surface area contributed by atoms with Crippen molar-refractivity contribution >= 4 is 23.5 Å². The third-order valence-electron chi connectivity index (χ3n) is 3.56. The molecule has 2 aromatic rings. The lowest BCUT2D eigenvalue weighted by molar-refractivity contribution is -0.137. The lowest BCUT2D eigenvalue weighted by Gasteiger charge is -2.13. The van der Waals surface area contributed by atoms with Crippen molar-refractivity contribution in [3.8, 4) is 23.6 Å². The zero-order valence-electron chi connectivity index (χ0n) is 14.3. The van der Waals surface area contributed by atoms with E-state index in [9.17, 15) is 13.2 Å². The van der Waals surface area contributed by atoms with Crippen molar-refractivity contribution in [2.24, 2.45) is 10.9 Å². The number of hydrogen-bond donors (Lipinski definition) is 0. The van der Waals surface area contributed by atoms with E-state index >= 15 is 0 Å². The van der Waals surface area contributed by atoms with E-state index in [1.54, 1.807) is 38.1 Å². The Balaban J connectivity index is 2.49. The summed E-state index contributed by atoms with van der Waals surface area (Å²) in [6.45, 7) is 3.55. The summed E-state index contributed by atoms with van der Waals surface area (Å²) in [6, 6.07) is 9.44. The van der Waals surface area contributed by atoms with Crippen LogP contribution in [-0.2, 0) is 6.18 Å². The molecule has 8 heteroatoms. The van der Waals surface area contributed by atoms with E-state index in [-0.39, 0.29) is 11.4 Å². The summed E-state index contributed by atoms with van der Waals surface area (Å²) in [4.78, 5) is 3.86. The van der Waals surface area contributed by atoms with Crippen LogP contribution in [0, 0.1) is 42.4 Å². The summed E-state index contributed by atoms with van der Waals surface area (Å²) < 4.78 is 44.7. The minimum atomic E-state index is -4.57. The van der Waals surface area contributed by atoms with Crippen LogP contribution in [0.2, 0.25) is 5.02 Å². The normalized spacial score (nSPS) is 11.4. The van der Waals surface area contributed by atoms with Crippen LogP contribution in [0.25, 0.3) is 0 Å². The smallest absolute Gasteiger partial charge is 0.416 e. The van der Waals surface area contributed by atoms with Gasteiger partial charge in [0.05, 0.1) is 17.7 Å². The van der Waals surface area contributed by atoms with Crippen molar-refractivity contribution in [3.05, 3.63) is 52.0 Å². The van der Waals surface area contributed by atoms with Gasteiger partial charge in [-0.15, -0.1) is 0 Å². The second-order valence-corrected chi connectivity index (χ2v) is 6.05. The fourth-order valence-corrected chi connectivity index (χ4v) is 2.33. The number of halogens is 4. The maximum absolute atomic E-state index is 13.0. The number of alkyl halides is 3. The first-order valence-corrected chi connectivity index (χ1v) is 8.02. The second kappa shape index (κ2) is 8.11. The van der Waals surface area contributed by atoms with Crippen molar-refractivity contribution in [3.63, 3.8) is 0 Å². The zero-order valence-corrected chi connectivity index (χ0v) is 15.1. The molecule has 0 spiro atoms. The van der Waals surface area contributed by atoms with E-state index in [0.29, 0.717) is 10.8 Å². The van der Waals surface area contributed by atoms with Gasteiger partial charge in [0.25, 0.3) is 0 Å². The minimum Gasteiger partial charge on any atom is -0.455 e. The summed E-state index contributed by atoms with van der Waals surface area (Å²) in [5.41, 5.74) is 0.428. The van der Waals surface area contributed by atoms with E-state index in [1.165, 1.54) is 0 Å². The first-order chi connectivity index (χ1) is 12.7. The Labute approximate surface area is 159 Å². The fourth-order valence-electron chi connectivity index (χ4n) is 2.22. The molecular formula is C19H13ClF3N3O. The van der Waals surface area contributed by atoms with Gasteiger partial charge in [-0.2, -0.15) is 23.7 Å². The molecule has 2 rings (SSSR count). The van der Waals surface area contributed by atoms with E-state index in [1.807, 2.05) is 0 Å². The monoisotopic (exact) mass is 391 g/mol. The molecule has 0 amide bonds. The van der Waals surface area contributed by atoms with Crippen LogP contribution in [0.4, 0.5) is 18.9 Å². The molecule has 0 aliphatic heterocycles. The number of rotatable bonds is 4. The number of aryl methyl sites for hydroxylation is 2. The van der Waals surface area contributed by atoms with Gasteiger partial charge >= 0.3 is 6.18 Å². The summed E-state index contributed by atoms with van der Waals surface area (Å²) in [6.07, 6.45) is -3.60. The minimum absolute atomic E-state index is 0.0509. The van der Waals surface area contributed by atoms with E-state index < -0.39 is 17.7 Å². The summed E-state index contributed by atoms with van der Waals surface area (Å²) in [5.74, 6) is -0.759. The molecule has 0 atom stereocenters. The molecule has 0 N–H and O–H groups in total. The van der Waals surface area contributed by atoms with Crippen molar-refractivity contribution in [1.82, 2.24) is 0 Å². The Morgan fingerprint density at radius 1 is 1.11 bits per heavy atom. The predicted octanol–water partition coefficient (Wildman–Crippen LogP) is 6.13. The molecule has 0 bridgehead atoms. The van der Waals surface area contributed by atoms with Gasteiger partial charge in [0.15, 0.2) is 11.7 Å². The molecule has 2 aromatic carbocycles.